The summed E-state index contributed by atoms with van der Waals surface area (Å²) in [5.74, 6) is -0.713. The van der Waals surface area contributed by atoms with E-state index in [2.05, 4.69) is 22.2 Å². The van der Waals surface area contributed by atoms with Crippen LogP contribution in [0, 0.1) is 5.92 Å². The summed E-state index contributed by atoms with van der Waals surface area (Å²) in [5.41, 5.74) is 5.15. The van der Waals surface area contributed by atoms with Crippen molar-refractivity contribution in [3.63, 3.8) is 0 Å². The summed E-state index contributed by atoms with van der Waals surface area (Å²) in [5, 5.41) is 12.4. The molecule has 2 heterocycles. The highest BCUT2D eigenvalue weighted by molar-refractivity contribution is 5.97. The Hall–Kier alpha value is -5.05. The number of likely N-dealkylation sites (tertiary alicyclic amines) is 1. The van der Waals surface area contributed by atoms with Gasteiger partial charge in [0.2, 0.25) is 5.91 Å². The zero-order chi connectivity index (χ0) is 34.6. The first-order chi connectivity index (χ1) is 23.8. The number of aryl methyl sites for hydroxylation is 1. The van der Waals surface area contributed by atoms with E-state index in [0.29, 0.717) is 24.4 Å². The number of nitrogens with zero attached hydrogens (tertiary/aromatic N) is 3. The Morgan fingerprint density at radius 2 is 1.49 bits per heavy atom. The number of amides is 2. The Morgan fingerprint density at radius 1 is 0.837 bits per heavy atom. The van der Waals surface area contributed by atoms with Crippen molar-refractivity contribution in [1.29, 1.82) is 0 Å². The number of hydrogen-bond donors (Lipinski definition) is 2. The molecule has 3 aromatic carbocycles. The normalized spacial score (nSPS) is 14.7. The molecule has 0 unspecified atom stereocenters. The van der Waals surface area contributed by atoms with Crippen molar-refractivity contribution in [3.8, 4) is 28.3 Å². The lowest BCUT2D eigenvalue weighted by molar-refractivity contribution is -0.141. The maximum absolute atomic E-state index is 13.6. The molecule has 2 amide bonds. The van der Waals surface area contributed by atoms with Crippen LogP contribution in [0.25, 0.3) is 22.5 Å². The second-order valence-corrected chi connectivity index (χ2v) is 12.7. The number of aromatic nitrogens is 2. The molecule has 1 aliphatic heterocycles. The van der Waals surface area contributed by atoms with Gasteiger partial charge in [0, 0.05) is 48.6 Å². The van der Waals surface area contributed by atoms with Gasteiger partial charge in [-0.05, 0) is 60.2 Å². The van der Waals surface area contributed by atoms with E-state index in [1.807, 2.05) is 67.6 Å². The lowest BCUT2D eigenvalue weighted by atomic mass is 10.0. The number of carboxylic acids is 1. The van der Waals surface area contributed by atoms with Crippen LogP contribution >= 0.6 is 0 Å². The first kappa shape index (κ1) is 35.3. The van der Waals surface area contributed by atoms with Crippen molar-refractivity contribution in [2.45, 2.75) is 71.3 Å². The number of carbonyl (C=O) groups excluding carboxylic acids is 2. The van der Waals surface area contributed by atoms with Gasteiger partial charge >= 0.3 is 5.97 Å². The molecular formula is C40H46N4O5. The molecule has 0 bridgehead atoms. The summed E-state index contributed by atoms with van der Waals surface area (Å²) < 4.78 is 5.89. The highest BCUT2D eigenvalue weighted by atomic mass is 16.5. The van der Waals surface area contributed by atoms with Gasteiger partial charge in [-0.15, -0.1) is 0 Å². The van der Waals surface area contributed by atoms with Crippen molar-refractivity contribution in [1.82, 2.24) is 20.2 Å². The number of benzene rings is 3. The van der Waals surface area contributed by atoms with Crippen molar-refractivity contribution in [2.24, 2.45) is 5.92 Å². The minimum Gasteiger partial charge on any atom is -0.494 e. The van der Waals surface area contributed by atoms with E-state index in [9.17, 15) is 19.5 Å². The van der Waals surface area contributed by atoms with Gasteiger partial charge in [-0.2, -0.15) is 0 Å². The molecular weight excluding hydrogens is 616 g/mol. The molecule has 4 aromatic rings. The van der Waals surface area contributed by atoms with Crippen LogP contribution in [0.2, 0.25) is 0 Å². The molecule has 1 aromatic heterocycles. The lowest BCUT2D eigenvalue weighted by Gasteiger charge is -2.24. The quantitative estimate of drug-likeness (QED) is 0.124. The Balaban J connectivity index is 1.22. The summed E-state index contributed by atoms with van der Waals surface area (Å²) in [6.45, 7) is 5.47. The molecule has 9 heteroatoms. The van der Waals surface area contributed by atoms with Crippen LogP contribution in [0.3, 0.4) is 0 Å². The van der Waals surface area contributed by atoms with E-state index in [-0.39, 0.29) is 24.8 Å². The van der Waals surface area contributed by atoms with Crippen molar-refractivity contribution in [3.05, 3.63) is 102 Å². The summed E-state index contributed by atoms with van der Waals surface area (Å²) in [4.78, 5) is 49.1. The third kappa shape index (κ3) is 9.75. The molecule has 5 rings (SSSR count). The smallest absolute Gasteiger partial charge is 0.308 e. The molecule has 0 saturated carbocycles. The minimum atomic E-state index is -0.913. The largest absolute Gasteiger partial charge is 0.494 e. The first-order valence-corrected chi connectivity index (χ1v) is 17.4. The van der Waals surface area contributed by atoms with Gasteiger partial charge in [0.1, 0.15) is 11.8 Å². The van der Waals surface area contributed by atoms with Crippen LogP contribution in [-0.4, -0.2) is 63.5 Å². The fourth-order valence-corrected chi connectivity index (χ4v) is 6.01. The molecule has 1 fully saturated rings. The van der Waals surface area contributed by atoms with Gasteiger partial charge in [-0.3, -0.25) is 14.4 Å². The van der Waals surface area contributed by atoms with Crippen LogP contribution in [0.1, 0.15) is 73.9 Å². The zero-order valence-electron chi connectivity index (χ0n) is 28.4. The number of carboxylic acid groups (broad SMARTS) is 1. The molecule has 9 nitrogen and oxygen atoms in total. The van der Waals surface area contributed by atoms with E-state index in [0.717, 1.165) is 53.0 Å². The first-order valence-electron chi connectivity index (χ1n) is 17.4. The second-order valence-electron chi connectivity index (χ2n) is 12.7. The Morgan fingerprint density at radius 3 is 2.12 bits per heavy atom. The number of carbonyl (C=O) groups is 3. The number of unbranched alkanes of at least 4 members (excludes halogenated alkanes) is 4. The zero-order valence-corrected chi connectivity index (χ0v) is 28.4. The van der Waals surface area contributed by atoms with Crippen LogP contribution in [0.15, 0.2) is 85.2 Å². The second kappa shape index (κ2) is 17.4. The number of hydrogen-bond acceptors (Lipinski definition) is 6. The third-order valence-corrected chi connectivity index (χ3v) is 9.09. The number of nitrogens with one attached hydrogen (secondary N) is 1. The Kier molecular flexibility index (Phi) is 12.5. The molecule has 49 heavy (non-hydrogen) atoms. The fourth-order valence-electron chi connectivity index (χ4n) is 6.01. The van der Waals surface area contributed by atoms with E-state index in [1.165, 1.54) is 25.7 Å². The van der Waals surface area contributed by atoms with Gasteiger partial charge in [0.05, 0.1) is 12.5 Å². The third-order valence-electron chi connectivity index (χ3n) is 9.09. The predicted octanol–water partition coefficient (Wildman–Crippen LogP) is 7.00. The molecule has 2 N–H and O–H groups in total. The van der Waals surface area contributed by atoms with Gasteiger partial charge in [0.15, 0.2) is 5.82 Å². The summed E-state index contributed by atoms with van der Waals surface area (Å²) >= 11 is 0. The molecule has 1 aliphatic rings. The maximum Gasteiger partial charge on any atom is 0.308 e. The summed E-state index contributed by atoms with van der Waals surface area (Å²) in [7, 11) is 0. The minimum absolute atomic E-state index is 0.134. The van der Waals surface area contributed by atoms with Gasteiger partial charge in [-0.25, -0.2) is 9.97 Å². The van der Waals surface area contributed by atoms with E-state index < -0.39 is 17.9 Å². The number of ether oxygens (including phenoxy) is 1. The summed E-state index contributed by atoms with van der Waals surface area (Å²) in [6.07, 6.45) is 11.1. The fraction of sp³-hybridized carbons (Fsp3) is 0.375. The average Bonchev–Trinajstić information content (AvgIpc) is 3.64. The van der Waals surface area contributed by atoms with Crippen molar-refractivity contribution >= 4 is 17.8 Å². The highest BCUT2D eigenvalue weighted by Gasteiger charge is 2.35. The van der Waals surface area contributed by atoms with Crippen molar-refractivity contribution < 1.29 is 24.2 Å². The van der Waals surface area contributed by atoms with Crippen LogP contribution in [-0.2, 0) is 22.4 Å². The van der Waals surface area contributed by atoms with E-state index in [1.54, 1.807) is 29.4 Å². The number of aliphatic carboxylic acids is 1. The SMILES string of the molecule is CCCCCCCOc1ccc(-c2cnc(-c3ccc(C[C@H](NC(=O)c4ccc(CC)cc4)C(=O)N4CC[C@H](C(=O)O)C4)cc3)nc2)cc1. The molecule has 256 valence electrons. The molecule has 0 radical (unpaired) electrons. The number of rotatable bonds is 16. The predicted molar refractivity (Wildman–Crippen MR) is 190 cm³/mol. The average molecular weight is 663 g/mol. The van der Waals surface area contributed by atoms with Crippen molar-refractivity contribution in [2.75, 3.05) is 19.7 Å². The van der Waals surface area contributed by atoms with E-state index in [4.69, 9.17) is 4.74 Å². The van der Waals surface area contributed by atoms with E-state index >= 15 is 0 Å². The summed E-state index contributed by atoms with van der Waals surface area (Å²) in [6, 6.07) is 22.1. The standard InChI is InChI=1S/C40H46N4O5/c1-3-5-6-7-8-23-49-35-19-17-30(18-20-35)34-25-41-37(42-26-34)31-13-11-29(12-14-31)24-36(39(46)44-22-21-33(27-44)40(47)48)43-38(45)32-15-9-28(4-2)10-16-32/h9-20,25-26,33,36H,3-8,21-24,27H2,1-2H3,(H,43,45)(H,47,48)/t33-,36-/m0/s1. The molecule has 1 saturated heterocycles. The van der Waals surface area contributed by atoms with Crippen LogP contribution < -0.4 is 10.1 Å². The highest BCUT2D eigenvalue weighted by Crippen LogP contribution is 2.24. The molecule has 0 aliphatic carbocycles. The topological polar surface area (TPSA) is 122 Å². The Bertz CT molecular complexity index is 1670. The van der Waals surface area contributed by atoms with Crippen LogP contribution in [0.5, 0.6) is 5.75 Å². The maximum atomic E-state index is 13.6. The van der Waals surface area contributed by atoms with Gasteiger partial charge in [-0.1, -0.05) is 88.1 Å². The lowest BCUT2D eigenvalue weighted by Crippen LogP contribution is -2.49. The van der Waals surface area contributed by atoms with Gasteiger partial charge < -0.3 is 20.1 Å². The van der Waals surface area contributed by atoms with Gasteiger partial charge in [0.25, 0.3) is 5.91 Å². The Labute approximate surface area is 288 Å². The molecule has 2 atom stereocenters. The molecule has 0 spiro atoms. The monoisotopic (exact) mass is 662 g/mol. The van der Waals surface area contributed by atoms with Crippen LogP contribution in [0.4, 0.5) is 0 Å².